The van der Waals surface area contributed by atoms with E-state index in [-0.39, 0.29) is 11.4 Å². The lowest BCUT2D eigenvalue weighted by molar-refractivity contribution is 0.0511. The molecule has 1 heterocycles. The molecule has 0 saturated carbocycles. The molecule has 0 saturated heterocycles. The number of amidine groups is 1. The minimum absolute atomic E-state index is 0.0326. The largest absolute Gasteiger partial charge is 0.488 e. The number of hydrogen-bond donors (Lipinski definition) is 1. The molecule has 0 unspecified atom stereocenters. The summed E-state index contributed by atoms with van der Waals surface area (Å²) in [6, 6.07) is 17.7. The maximum Gasteiger partial charge on any atom is 0.369 e. The van der Waals surface area contributed by atoms with E-state index in [9.17, 15) is 4.79 Å². The van der Waals surface area contributed by atoms with E-state index in [1.54, 1.807) is 30.5 Å². The van der Waals surface area contributed by atoms with Gasteiger partial charge in [-0.3, -0.25) is 4.98 Å². The predicted molar refractivity (Wildman–Crippen MR) is 103 cm³/mol. The highest BCUT2D eigenvalue weighted by Crippen LogP contribution is 2.25. The number of aromatic nitrogens is 1. The molecule has 3 aromatic rings. The van der Waals surface area contributed by atoms with Crippen LogP contribution in [0.2, 0.25) is 5.02 Å². The highest BCUT2D eigenvalue weighted by atomic mass is 35.5. The summed E-state index contributed by atoms with van der Waals surface area (Å²) in [5.41, 5.74) is 7.46. The predicted octanol–water partition coefficient (Wildman–Crippen LogP) is 3.79. The zero-order valence-corrected chi connectivity index (χ0v) is 15.0. The van der Waals surface area contributed by atoms with E-state index < -0.39 is 5.97 Å². The van der Waals surface area contributed by atoms with E-state index in [1.165, 1.54) is 12.3 Å². The van der Waals surface area contributed by atoms with Crippen LogP contribution < -0.4 is 10.5 Å². The van der Waals surface area contributed by atoms with Crippen molar-refractivity contribution in [2.45, 2.75) is 6.61 Å². The summed E-state index contributed by atoms with van der Waals surface area (Å²) in [5, 5.41) is 4.04. The molecule has 1 aromatic heterocycles. The van der Waals surface area contributed by atoms with Gasteiger partial charge in [0.05, 0.1) is 0 Å². The minimum atomic E-state index is -0.729. The van der Waals surface area contributed by atoms with E-state index in [0.29, 0.717) is 22.9 Å². The monoisotopic (exact) mass is 381 g/mol. The van der Waals surface area contributed by atoms with E-state index in [4.69, 9.17) is 26.9 Å². The SMILES string of the molecule is N/C(=N/OC(=O)c1cc(Cl)ccc1OCc1ccccc1)c1cccnc1. The Kier molecular flexibility index (Phi) is 6.02. The third-order valence-corrected chi connectivity index (χ3v) is 3.82. The Morgan fingerprint density at radius 3 is 2.67 bits per heavy atom. The van der Waals surface area contributed by atoms with Crippen LogP contribution in [0.25, 0.3) is 0 Å². The van der Waals surface area contributed by atoms with Crippen molar-refractivity contribution in [2.75, 3.05) is 0 Å². The zero-order valence-electron chi connectivity index (χ0n) is 14.2. The second-order valence-corrected chi connectivity index (χ2v) is 5.95. The van der Waals surface area contributed by atoms with E-state index >= 15 is 0 Å². The smallest absolute Gasteiger partial charge is 0.369 e. The van der Waals surface area contributed by atoms with Crippen LogP contribution in [0.1, 0.15) is 21.5 Å². The fraction of sp³-hybridized carbons (Fsp3) is 0.0500. The third-order valence-electron chi connectivity index (χ3n) is 3.58. The summed E-state index contributed by atoms with van der Waals surface area (Å²) >= 11 is 6.00. The molecular weight excluding hydrogens is 366 g/mol. The van der Waals surface area contributed by atoms with Gasteiger partial charge in [-0.15, -0.1) is 0 Å². The molecule has 0 atom stereocenters. The van der Waals surface area contributed by atoms with Gasteiger partial charge in [-0.25, -0.2) is 4.79 Å². The van der Waals surface area contributed by atoms with E-state index in [2.05, 4.69) is 10.1 Å². The molecule has 136 valence electrons. The second kappa shape index (κ2) is 8.82. The number of halogens is 1. The number of oxime groups is 1. The number of nitrogens with two attached hydrogens (primary N) is 1. The Morgan fingerprint density at radius 2 is 1.93 bits per heavy atom. The first kappa shape index (κ1) is 18.4. The Labute approximate surface area is 161 Å². The molecule has 0 aliphatic heterocycles. The van der Waals surface area contributed by atoms with Gasteiger partial charge in [-0.2, -0.15) is 0 Å². The summed E-state index contributed by atoms with van der Waals surface area (Å²) in [6.07, 6.45) is 3.12. The summed E-state index contributed by atoms with van der Waals surface area (Å²) in [7, 11) is 0. The second-order valence-electron chi connectivity index (χ2n) is 5.51. The average Bonchev–Trinajstić information content (AvgIpc) is 2.72. The molecule has 0 aliphatic rings. The Hall–Kier alpha value is -3.38. The molecule has 6 nitrogen and oxygen atoms in total. The molecule has 7 heteroatoms. The maximum atomic E-state index is 12.4. The molecule has 0 spiro atoms. The first-order valence-electron chi connectivity index (χ1n) is 8.05. The van der Waals surface area contributed by atoms with E-state index in [1.807, 2.05) is 30.3 Å². The van der Waals surface area contributed by atoms with Crippen molar-refractivity contribution in [2.24, 2.45) is 10.9 Å². The van der Waals surface area contributed by atoms with Gasteiger partial charge in [0.15, 0.2) is 5.84 Å². The van der Waals surface area contributed by atoms with Gasteiger partial charge < -0.3 is 15.3 Å². The van der Waals surface area contributed by atoms with Gasteiger partial charge >= 0.3 is 5.97 Å². The summed E-state index contributed by atoms with van der Waals surface area (Å²) < 4.78 is 5.74. The number of rotatable bonds is 6. The van der Waals surface area contributed by atoms with Crippen LogP contribution in [0.5, 0.6) is 5.75 Å². The molecule has 27 heavy (non-hydrogen) atoms. The van der Waals surface area contributed by atoms with Crippen LogP contribution >= 0.6 is 11.6 Å². The zero-order chi connectivity index (χ0) is 19.1. The highest BCUT2D eigenvalue weighted by molar-refractivity contribution is 6.31. The lowest BCUT2D eigenvalue weighted by atomic mass is 10.2. The van der Waals surface area contributed by atoms with Crippen LogP contribution in [0, 0.1) is 0 Å². The Bertz CT molecular complexity index is 947. The van der Waals surface area contributed by atoms with Crippen molar-refractivity contribution in [1.29, 1.82) is 0 Å². The van der Waals surface area contributed by atoms with Gasteiger partial charge in [0.1, 0.15) is 17.9 Å². The minimum Gasteiger partial charge on any atom is -0.488 e. The number of carbonyl (C=O) groups excluding carboxylic acids is 1. The molecule has 0 aliphatic carbocycles. The topological polar surface area (TPSA) is 86.8 Å². The van der Waals surface area contributed by atoms with E-state index in [0.717, 1.165) is 5.56 Å². The standard InChI is InChI=1S/C20H16ClN3O3/c21-16-8-9-18(26-13-14-5-2-1-3-6-14)17(11-16)20(25)27-24-19(22)15-7-4-10-23-12-15/h1-12H,13H2,(H2,22,24). The lowest BCUT2D eigenvalue weighted by Gasteiger charge is -2.10. The highest BCUT2D eigenvalue weighted by Gasteiger charge is 2.16. The van der Waals surface area contributed by atoms with Crippen molar-refractivity contribution < 1.29 is 14.4 Å². The van der Waals surface area contributed by atoms with Crippen molar-refractivity contribution in [3.8, 4) is 5.75 Å². The summed E-state index contributed by atoms with van der Waals surface area (Å²) in [4.78, 5) is 21.3. The van der Waals surface area contributed by atoms with Crippen LogP contribution in [-0.4, -0.2) is 16.8 Å². The maximum absolute atomic E-state index is 12.4. The molecule has 2 N–H and O–H groups in total. The van der Waals surface area contributed by atoms with Crippen molar-refractivity contribution >= 4 is 23.4 Å². The van der Waals surface area contributed by atoms with Crippen molar-refractivity contribution in [3.05, 3.63) is 94.8 Å². The van der Waals surface area contributed by atoms with Gasteiger partial charge in [-0.05, 0) is 35.9 Å². The van der Waals surface area contributed by atoms with Crippen LogP contribution in [0.3, 0.4) is 0 Å². The van der Waals surface area contributed by atoms with Gasteiger partial charge in [0.25, 0.3) is 0 Å². The number of hydrogen-bond acceptors (Lipinski definition) is 5. The molecule has 0 radical (unpaired) electrons. The number of ether oxygens (including phenoxy) is 1. The van der Waals surface area contributed by atoms with Gasteiger partial charge in [-0.1, -0.05) is 47.1 Å². The number of nitrogens with zero attached hydrogens (tertiary/aromatic N) is 2. The van der Waals surface area contributed by atoms with Crippen LogP contribution in [0.15, 0.2) is 78.2 Å². The quantitative estimate of drug-likeness (QED) is 0.304. The average molecular weight is 382 g/mol. The lowest BCUT2D eigenvalue weighted by Crippen LogP contribution is -2.15. The summed E-state index contributed by atoms with van der Waals surface area (Å²) in [5.74, 6) is -0.360. The van der Waals surface area contributed by atoms with Crippen LogP contribution in [0.4, 0.5) is 0 Å². The molecule has 2 aromatic carbocycles. The molecular formula is C20H16ClN3O3. The van der Waals surface area contributed by atoms with Crippen molar-refractivity contribution in [3.63, 3.8) is 0 Å². The number of benzene rings is 2. The number of carbonyl (C=O) groups is 1. The Balaban J connectivity index is 1.74. The fourth-order valence-electron chi connectivity index (χ4n) is 2.23. The molecule has 0 bridgehead atoms. The third kappa shape index (κ3) is 5.05. The molecule has 0 fully saturated rings. The molecule has 3 rings (SSSR count). The van der Waals surface area contributed by atoms with Gasteiger partial charge in [0, 0.05) is 23.0 Å². The van der Waals surface area contributed by atoms with Gasteiger partial charge in [0.2, 0.25) is 0 Å². The first-order chi connectivity index (χ1) is 13.1. The first-order valence-corrected chi connectivity index (χ1v) is 8.43. The summed E-state index contributed by atoms with van der Waals surface area (Å²) in [6.45, 7) is 0.295. The molecule has 0 amide bonds. The fourth-order valence-corrected chi connectivity index (χ4v) is 2.40. The van der Waals surface area contributed by atoms with Crippen LogP contribution in [-0.2, 0) is 11.4 Å². The van der Waals surface area contributed by atoms with Crippen molar-refractivity contribution in [1.82, 2.24) is 4.98 Å². The Morgan fingerprint density at radius 1 is 1.11 bits per heavy atom. The number of pyridine rings is 1. The normalized spacial score (nSPS) is 11.1.